The molecule has 1 amide bonds. The van der Waals surface area contributed by atoms with Gasteiger partial charge in [0.05, 0.1) is 5.92 Å². The summed E-state index contributed by atoms with van der Waals surface area (Å²) in [6.07, 6.45) is 2.70. The Balaban J connectivity index is 2.11. The first-order chi connectivity index (χ1) is 11.5. The number of carbonyl (C=O) groups excluding carboxylic acids is 1. The summed E-state index contributed by atoms with van der Waals surface area (Å²) in [7, 11) is 0. The third kappa shape index (κ3) is 4.59. The molecular weight excluding hydrogens is 302 g/mol. The molecule has 0 saturated carbocycles. The number of rotatable bonds is 6. The van der Waals surface area contributed by atoms with Crippen LogP contribution in [0.25, 0.3) is 0 Å². The highest BCUT2D eigenvalue weighted by molar-refractivity contribution is 5.83. The Morgan fingerprint density at radius 2 is 2.08 bits per heavy atom. The fourth-order valence-electron chi connectivity index (χ4n) is 2.35. The van der Waals surface area contributed by atoms with Crippen molar-refractivity contribution in [3.63, 3.8) is 0 Å². The van der Waals surface area contributed by atoms with Gasteiger partial charge in [0.1, 0.15) is 11.9 Å². The molecule has 1 aromatic carbocycles. The van der Waals surface area contributed by atoms with Gasteiger partial charge in [0.15, 0.2) is 0 Å². The van der Waals surface area contributed by atoms with Crippen LogP contribution in [0.5, 0.6) is 0 Å². The lowest BCUT2D eigenvalue weighted by molar-refractivity contribution is -0.126. The lowest BCUT2D eigenvalue weighted by Gasteiger charge is -2.32. The fourth-order valence-corrected chi connectivity index (χ4v) is 2.35. The van der Waals surface area contributed by atoms with Gasteiger partial charge in [-0.3, -0.25) is 20.2 Å². The molecule has 0 bridgehead atoms. The maximum atomic E-state index is 12.6. The minimum atomic E-state index is -0.636. The van der Waals surface area contributed by atoms with Gasteiger partial charge in [-0.15, -0.1) is 0 Å². The highest BCUT2D eigenvalue weighted by Gasteiger charge is 2.22. The molecule has 1 aromatic rings. The zero-order chi connectivity index (χ0) is 17.5. The number of hydrogen-bond acceptors (Lipinski definition) is 5. The summed E-state index contributed by atoms with van der Waals surface area (Å²) in [5.74, 6) is 0.629. The number of benzene rings is 1. The molecule has 2 N–H and O–H groups in total. The van der Waals surface area contributed by atoms with Crippen LogP contribution < -0.4 is 10.7 Å². The number of nitrogens with zero attached hydrogens (tertiary/aromatic N) is 3. The van der Waals surface area contributed by atoms with E-state index in [1.165, 1.54) is 0 Å². The standard InChI is InChI=1S/C18H23N5O/c1-13(2)12-23(17-9-10-20-16(11-19)21-17)22-18(24)14(3)15-7-5-4-6-8-15/h4-10,13-14,16,21H,12H2,1-3H3,(H,22,24). The fraction of sp³-hybridized carbons (Fsp3) is 0.389. The summed E-state index contributed by atoms with van der Waals surface area (Å²) in [5.41, 5.74) is 3.91. The van der Waals surface area contributed by atoms with E-state index in [4.69, 9.17) is 5.26 Å². The van der Waals surface area contributed by atoms with Crippen LogP contribution >= 0.6 is 0 Å². The number of allylic oxidation sites excluding steroid dienone is 1. The summed E-state index contributed by atoms with van der Waals surface area (Å²) in [4.78, 5) is 16.6. The molecule has 126 valence electrons. The van der Waals surface area contributed by atoms with Crippen molar-refractivity contribution in [3.05, 3.63) is 47.8 Å². The van der Waals surface area contributed by atoms with Crippen molar-refractivity contribution in [2.45, 2.75) is 32.9 Å². The minimum absolute atomic E-state index is 0.0967. The summed E-state index contributed by atoms with van der Waals surface area (Å²) in [6.45, 7) is 6.64. The van der Waals surface area contributed by atoms with Crippen LogP contribution in [0.4, 0.5) is 0 Å². The number of hydrogen-bond donors (Lipinski definition) is 2. The number of nitrogens with one attached hydrogen (secondary N) is 2. The summed E-state index contributed by atoms with van der Waals surface area (Å²) in [6, 6.07) is 11.7. The van der Waals surface area contributed by atoms with Gasteiger partial charge in [-0.2, -0.15) is 5.26 Å². The molecule has 2 rings (SSSR count). The van der Waals surface area contributed by atoms with Gasteiger partial charge in [-0.05, 0) is 24.5 Å². The van der Waals surface area contributed by atoms with Gasteiger partial charge >= 0.3 is 0 Å². The topological polar surface area (TPSA) is 80.5 Å². The molecule has 2 atom stereocenters. The van der Waals surface area contributed by atoms with Crippen LogP contribution in [0.15, 0.2) is 47.2 Å². The molecule has 0 aromatic heterocycles. The van der Waals surface area contributed by atoms with Crippen molar-refractivity contribution in [2.75, 3.05) is 6.54 Å². The highest BCUT2D eigenvalue weighted by atomic mass is 16.2. The van der Waals surface area contributed by atoms with Crippen LogP contribution in [-0.2, 0) is 4.79 Å². The Morgan fingerprint density at radius 3 is 2.71 bits per heavy atom. The number of hydrazine groups is 1. The zero-order valence-corrected chi connectivity index (χ0v) is 14.2. The predicted octanol–water partition coefficient (Wildman–Crippen LogP) is 2.14. The summed E-state index contributed by atoms with van der Waals surface area (Å²) in [5, 5.41) is 13.8. The van der Waals surface area contributed by atoms with Crippen LogP contribution in [0.2, 0.25) is 0 Å². The number of aliphatic imine (C=N–C) groups is 1. The summed E-state index contributed by atoms with van der Waals surface area (Å²) >= 11 is 0. The molecule has 2 unspecified atom stereocenters. The molecule has 0 saturated heterocycles. The zero-order valence-electron chi connectivity index (χ0n) is 14.2. The van der Waals surface area contributed by atoms with Crippen molar-refractivity contribution >= 4 is 12.1 Å². The van der Waals surface area contributed by atoms with E-state index < -0.39 is 6.17 Å². The van der Waals surface area contributed by atoms with Gasteiger partial charge in [-0.25, -0.2) is 0 Å². The molecule has 6 heteroatoms. The average molecular weight is 325 g/mol. The molecule has 0 spiro atoms. The monoisotopic (exact) mass is 325 g/mol. The summed E-state index contributed by atoms with van der Waals surface area (Å²) < 4.78 is 0. The molecule has 1 heterocycles. The second kappa shape index (κ2) is 8.16. The lowest BCUT2D eigenvalue weighted by Crippen LogP contribution is -2.50. The Kier molecular flexibility index (Phi) is 5.96. The van der Waals surface area contributed by atoms with Gasteiger partial charge < -0.3 is 5.32 Å². The van der Waals surface area contributed by atoms with E-state index in [2.05, 4.69) is 35.7 Å². The maximum absolute atomic E-state index is 12.6. The molecule has 24 heavy (non-hydrogen) atoms. The van der Waals surface area contributed by atoms with Gasteiger partial charge in [-0.1, -0.05) is 44.2 Å². The minimum Gasteiger partial charge on any atom is -0.337 e. The van der Waals surface area contributed by atoms with Crippen LogP contribution in [-0.4, -0.2) is 29.8 Å². The van der Waals surface area contributed by atoms with Gasteiger partial charge in [0.2, 0.25) is 12.1 Å². The van der Waals surface area contributed by atoms with Crippen LogP contribution in [0.3, 0.4) is 0 Å². The normalized spacial score (nSPS) is 17.5. The molecule has 6 nitrogen and oxygen atoms in total. The van der Waals surface area contributed by atoms with E-state index >= 15 is 0 Å². The second-order valence-corrected chi connectivity index (χ2v) is 6.14. The predicted molar refractivity (Wildman–Crippen MR) is 93.7 cm³/mol. The highest BCUT2D eigenvalue weighted by Crippen LogP contribution is 2.16. The van der Waals surface area contributed by atoms with Gasteiger partial charge in [0.25, 0.3) is 0 Å². The van der Waals surface area contributed by atoms with E-state index in [-0.39, 0.29) is 11.8 Å². The molecule has 0 radical (unpaired) electrons. The Bertz CT molecular complexity index is 660. The van der Waals surface area contributed by atoms with Crippen molar-refractivity contribution in [2.24, 2.45) is 10.9 Å². The largest absolute Gasteiger partial charge is 0.337 e. The maximum Gasteiger partial charge on any atom is 0.245 e. The van der Waals surface area contributed by atoms with E-state index in [9.17, 15) is 4.79 Å². The lowest BCUT2D eigenvalue weighted by atomic mass is 10.0. The smallest absolute Gasteiger partial charge is 0.245 e. The first-order valence-corrected chi connectivity index (χ1v) is 8.04. The number of carbonyl (C=O) groups is 1. The first kappa shape index (κ1) is 17.5. The van der Waals surface area contributed by atoms with Crippen molar-refractivity contribution in [3.8, 4) is 6.07 Å². The Morgan fingerprint density at radius 1 is 1.38 bits per heavy atom. The van der Waals surface area contributed by atoms with Crippen molar-refractivity contribution in [1.29, 1.82) is 5.26 Å². The van der Waals surface area contributed by atoms with Crippen LogP contribution in [0, 0.1) is 17.2 Å². The van der Waals surface area contributed by atoms with E-state index in [1.54, 1.807) is 17.3 Å². The van der Waals surface area contributed by atoms with E-state index in [1.807, 2.05) is 37.3 Å². The van der Waals surface area contributed by atoms with Crippen molar-refractivity contribution in [1.82, 2.24) is 15.8 Å². The molecular formula is C18H23N5O. The van der Waals surface area contributed by atoms with Crippen molar-refractivity contribution < 1.29 is 4.79 Å². The Hall–Kier alpha value is -2.81. The SMILES string of the molecule is CC(C)CN(NC(=O)C(C)c1ccccc1)C1=CC=NC(C#N)N1. The molecule has 1 aliphatic heterocycles. The Labute approximate surface area is 142 Å². The molecule has 0 fully saturated rings. The number of nitriles is 1. The van der Waals surface area contributed by atoms with Gasteiger partial charge in [0, 0.05) is 12.8 Å². The first-order valence-electron chi connectivity index (χ1n) is 8.04. The molecule has 1 aliphatic rings. The third-order valence-corrected chi connectivity index (χ3v) is 3.65. The quantitative estimate of drug-likeness (QED) is 0.785. The number of amides is 1. The molecule has 0 aliphatic carbocycles. The van der Waals surface area contributed by atoms with E-state index in [0.717, 1.165) is 5.56 Å². The van der Waals surface area contributed by atoms with Crippen LogP contribution in [0.1, 0.15) is 32.3 Å². The van der Waals surface area contributed by atoms with E-state index in [0.29, 0.717) is 18.3 Å². The average Bonchev–Trinajstić information content (AvgIpc) is 2.60. The second-order valence-electron chi connectivity index (χ2n) is 6.14. The third-order valence-electron chi connectivity index (χ3n) is 3.65.